The first kappa shape index (κ1) is 18.1. The van der Waals surface area contributed by atoms with Crippen molar-refractivity contribution in [2.75, 3.05) is 5.32 Å². The van der Waals surface area contributed by atoms with Gasteiger partial charge < -0.3 is 10.6 Å². The van der Waals surface area contributed by atoms with E-state index in [4.69, 9.17) is 23.2 Å². The lowest BCUT2D eigenvalue weighted by molar-refractivity contribution is 0.0945. The maximum absolute atomic E-state index is 13.6. The van der Waals surface area contributed by atoms with Gasteiger partial charge >= 0.3 is 0 Å². The van der Waals surface area contributed by atoms with Gasteiger partial charge in [0, 0.05) is 23.3 Å². The molecular formula is C18H13Cl2FN4O. The van der Waals surface area contributed by atoms with Gasteiger partial charge in [-0.2, -0.15) is 0 Å². The number of amides is 1. The van der Waals surface area contributed by atoms with Gasteiger partial charge in [-0.15, -0.1) is 0 Å². The lowest BCUT2D eigenvalue weighted by Crippen LogP contribution is -2.24. The standard InChI is InChI=1S/C18H13Cl2FN4O/c19-12-5-6-15(13(20)9-12)24-18-22-8-7-16(25-18)17(26)23-10-11-3-1-2-4-14(11)21/h1-9H,10H2,(H,23,26)(H,22,24,25). The molecule has 0 spiro atoms. The minimum atomic E-state index is -0.444. The van der Waals surface area contributed by atoms with Crippen molar-refractivity contribution in [1.29, 1.82) is 0 Å². The van der Waals surface area contributed by atoms with Gasteiger partial charge in [0.05, 0.1) is 10.7 Å². The highest BCUT2D eigenvalue weighted by molar-refractivity contribution is 6.36. The molecule has 5 nitrogen and oxygen atoms in total. The largest absolute Gasteiger partial charge is 0.347 e. The number of hydrogen-bond donors (Lipinski definition) is 2. The highest BCUT2D eigenvalue weighted by Crippen LogP contribution is 2.27. The summed E-state index contributed by atoms with van der Waals surface area (Å²) in [6.07, 6.45) is 1.44. The van der Waals surface area contributed by atoms with Crippen molar-refractivity contribution in [3.05, 3.63) is 81.8 Å². The number of anilines is 2. The fourth-order valence-corrected chi connectivity index (χ4v) is 2.62. The number of nitrogens with zero attached hydrogens (tertiary/aromatic N) is 2. The van der Waals surface area contributed by atoms with Gasteiger partial charge in [-0.3, -0.25) is 4.79 Å². The molecular weight excluding hydrogens is 378 g/mol. The first-order chi connectivity index (χ1) is 12.5. The Morgan fingerprint density at radius 1 is 1.12 bits per heavy atom. The molecule has 0 bridgehead atoms. The summed E-state index contributed by atoms with van der Waals surface area (Å²) in [6, 6.07) is 12.6. The zero-order valence-corrected chi connectivity index (χ0v) is 14.9. The van der Waals surface area contributed by atoms with Crippen molar-refractivity contribution in [1.82, 2.24) is 15.3 Å². The summed E-state index contributed by atoms with van der Waals surface area (Å²) < 4.78 is 13.6. The Kier molecular flexibility index (Phi) is 5.65. The highest BCUT2D eigenvalue weighted by Gasteiger charge is 2.11. The SMILES string of the molecule is O=C(NCc1ccccc1F)c1ccnc(Nc2ccc(Cl)cc2Cl)n1. The van der Waals surface area contributed by atoms with Crippen molar-refractivity contribution in [3.8, 4) is 0 Å². The van der Waals surface area contributed by atoms with E-state index in [9.17, 15) is 9.18 Å². The predicted molar refractivity (Wildman–Crippen MR) is 99.3 cm³/mol. The average Bonchev–Trinajstić information content (AvgIpc) is 2.63. The van der Waals surface area contributed by atoms with Crippen LogP contribution in [0.4, 0.5) is 16.0 Å². The van der Waals surface area contributed by atoms with Crippen LogP contribution in [0.2, 0.25) is 10.0 Å². The number of halogens is 3. The van der Waals surface area contributed by atoms with E-state index in [1.807, 2.05) is 0 Å². The average molecular weight is 391 g/mol. The number of carbonyl (C=O) groups excluding carboxylic acids is 1. The smallest absolute Gasteiger partial charge is 0.270 e. The van der Waals surface area contributed by atoms with Crippen molar-refractivity contribution < 1.29 is 9.18 Å². The van der Waals surface area contributed by atoms with Crippen LogP contribution in [-0.2, 0) is 6.54 Å². The molecule has 0 saturated carbocycles. The summed E-state index contributed by atoms with van der Waals surface area (Å²) in [7, 11) is 0. The molecule has 1 amide bonds. The maximum atomic E-state index is 13.6. The summed E-state index contributed by atoms with van der Waals surface area (Å²) in [5.74, 6) is -0.621. The van der Waals surface area contributed by atoms with Gasteiger partial charge in [-0.1, -0.05) is 41.4 Å². The van der Waals surface area contributed by atoms with E-state index in [-0.39, 0.29) is 24.0 Å². The number of benzene rings is 2. The second-order valence-electron chi connectivity index (χ2n) is 5.29. The molecule has 132 valence electrons. The monoisotopic (exact) mass is 390 g/mol. The minimum absolute atomic E-state index is 0.0568. The second-order valence-corrected chi connectivity index (χ2v) is 6.13. The Bertz CT molecular complexity index is 952. The van der Waals surface area contributed by atoms with Gasteiger partial charge in [-0.05, 0) is 30.3 Å². The van der Waals surface area contributed by atoms with E-state index >= 15 is 0 Å². The molecule has 1 heterocycles. The van der Waals surface area contributed by atoms with Crippen molar-refractivity contribution in [2.45, 2.75) is 6.54 Å². The molecule has 2 aromatic carbocycles. The normalized spacial score (nSPS) is 10.4. The van der Waals surface area contributed by atoms with Crippen LogP contribution in [0.25, 0.3) is 0 Å². The number of aromatic nitrogens is 2. The van der Waals surface area contributed by atoms with E-state index < -0.39 is 5.91 Å². The molecule has 0 aliphatic rings. The first-order valence-corrected chi connectivity index (χ1v) is 8.35. The lowest BCUT2D eigenvalue weighted by atomic mass is 10.2. The summed E-state index contributed by atoms with van der Waals surface area (Å²) in [5, 5.41) is 6.45. The van der Waals surface area contributed by atoms with E-state index in [1.165, 1.54) is 18.3 Å². The Hall–Kier alpha value is -2.70. The van der Waals surface area contributed by atoms with Gasteiger partial charge in [0.15, 0.2) is 0 Å². The molecule has 0 atom stereocenters. The third-order valence-electron chi connectivity index (χ3n) is 3.46. The van der Waals surface area contributed by atoms with Crippen LogP contribution in [0.3, 0.4) is 0 Å². The third kappa shape index (κ3) is 4.47. The maximum Gasteiger partial charge on any atom is 0.270 e. The van der Waals surface area contributed by atoms with Crippen LogP contribution in [0, 0.1) is 5.82 Å². The molecule has 0 saturated heterocycles. The van der Waals surface area contributed by atoms with E-state index in [0.29, 0.717) is 21.3 Å². The minimum Gasteiger partial charge on any atom is -0.347 e. The Morgan fingerprint density at radius 3 is 2.69 bits per heavy atom. The molecule has 0 unspecified atom stereocenters. The fourth-order valence-electron chi connectivity index (χ4n) is 2.16. The molecule has 3 aromatic rings. The molecule has 3 rings (SSSR count). The highest BCUT2D eigenvalue weighted by atomic mass is 35.5. The van der Waals surface area contributed by atoms with Crippen LogP contribution in [0.15, 0.2) is 54.7 Å². The second kappa shape index (κ2) is 8.12. The van der Waals surface area contributed by atoms with E-state index in [1.54, 1.807) is 36.4 Å². The molecule has 26 heavy (non-hydrogen) atoms. The third-order valence-corrected chi connectivity index (χ3v) is 4.01. The zero-order chi connectivity index (χ0) is 18.5. The zero-order valence-electron chi connectivity index (χ0n) is 13.3. The van der Waals surface area contributed by atoms with E-state index in [2.05, 4.69) is 20.6 Å². The van der Waals surface area contributed by atoms with Gasteiger partial charge in [0.2, 0.25) is 5.95 Å². The Balaban J connectivity index is 1.70. The Morgan fingerprint density at radius 2 is 1.92 bits per heavy atom. The fraction of sp³-hybridized carbons (Fsp3) is 0.0556. The summed E-state index contributed by atoms with van der Waals surface area (Å²) in [5.41, 5.74) is 1.09. The summed E-state index contributed by atoms with van der Waals surface area (Å²) in [6.45, 7) is 0.0568. The van der Waals surface area contributed by atoms with Crippen LogP contribution >= 0.6 is 23.2 Å². The predicted octanol–water partition coefficient (Wildman–Crippen LogP) is 4.60. The van der Waals surface area contributed by atoms with Crippen LogP contribution in [-0.4, -0.2) is 15.9 Å². The lowest BCUT2D eigenvalue weighted by Gasteiger charge is -2.09. The van der Waals surface area contributed by atoms with Gasteiger partial charge in [0.1, 0.15) is 11.5 Å². The molecule has 8 heteroatoms. The molecule has 0 radical (unpaired) electrons. The van der Waals surface area contributed by atoms with Crippen LogP contribution < -0.4 is 10.6 Å². The van der Waals surface area contributed by atoms with E-state index in [0.717, 1.165) is 0 Å². The van der Waals surface area contributed by atoms with Crippen molar-refractivity contribution in [3.63, 3.8) is 0 Å². The topological polar surface area (TPSA) is 66.9 Å². The van der Waals surface area contributed by atoms with Gasteiger partial charge in [-0.25, -0.2) is 14.4 Å². The molecule has 1 aromatic heterocycles. The summed E-state index contributed by atoms with van der Waals surface area (Å²) in [4.78, 5) is 20.5. The number of hydrogen-bond acceptors (Lipinski definition) is 4. The number of rotatable bonds is 5. The molecule has 2 N–H and O–H groups in total. The molecule has 0 aliphatic heterocycles. The van der Waals surface area contributed by atoms with Crippen LogP contribution in [0.5, 0.6) is 0 Å². The molecule has 0 aliphatic carbocycles. The Labute approximate surface area is 159 Å². The first-order valence-electron chi connectivity index (χ1n) is 7.59. The number of carbonyl (C=O) groups is 1. The van der Waals surface area contributed by atoms with Gasteiger partial charge in [0.25, 0.3) is 5.91 Å². The quantitative estimate of drug-likeness (QED) is 0.668. The van der Waals surface area contributed by atoms with Crippen LogP contribution in [0.1, 0.15) is 16.1 Å². The van der Waals surface area contributed by atoms with Crippen molar-refractivity contribution >= 4 is 40.7 Å². The number of nitrogens with one attached hydrogen (secondary N) is 2. The van der Waals surface area contributed by atoms with Crippen molar-refractivity contribution in [2.24, 2.45) is 0 Å². The molecule has 0 fully saturated rings. The summed E-state index contributed by atoms with van der Waals surface area (Å²) >= 11 is 12.0.